The van der Waals surface area contributed by atoms with E-state index in [1.165, 1.54) is 12.1 Å². The maximum absolute atomic E-state index is 13.3. The molecule has 1 aliphatic rings. The van der Waals surface area contributed by atoms with E-state index < -0.39 is 22.2 Å². The van der Waals surface area contributed by atoms with E-state index in [2.05, 4.69) is 4.72 Å². The van der Waals surface area contributed by atoms with Gasteiger partial charge in [-0.25, -0.2) is 13.2 Å². The fourth-order valence-electron chi connectivity index (χ4n) is 3.43. The minimum absolute atomic E-state index is 0.105. The zero-order valence-electron chi connectivity index (χ0n) is 17.4. The summed E-state index contributed by atoms with van der Waals surface area (Å²) in [5, 5.41) is 0. The second-order valence-corrected chi connectivity index (χ2v) is 8.90. The first-order valence-corrected chi connectivity index (χ1v) is 11.7. The highest BCUT2D eigenvalue weighted by atomic mass is 32.2. The average molecular weight is 446 g/mol. The molecule has 1 saturated heterocycles. The first-order chi connectivity index (χ1) is 14.9. The number of carbonyl (C=O) groups is 2. The number of piperazine rings is 1. The molecule has 8 nitrogen and oxygen atoms in total. The van der Waals surface area contributed by atoms with E-state index in [1.807, 2.05) is 30.3 Å². The van der Waals surface area contributed by atoms with E-state index >= 15 is 0 Å². The third-order valence-corrected chi connectivity index (χ3v) is 6.54. The number of benzene rings is 2. The Labute approximate surface area is 182 Å². The molecule has 1 heterocycles. The molecule has 0 aromatic heterocycles. The maximum atomic E-state index is 13.3. The number of nitrogens with one attached hydrogen (secondary N) is 1. The van der Waals surface area contributed by atoms with Crippen LogP contribution in [0.3, 0.4) is 0 Å². The lowest BCUT2D eigenvalue weighted by atomic mass is 10.1. The summed E-state index contributed by atoms with van der Waals surface area (Å²) in [5.74, 6) is -0.313. The van der Waals surface area contributed by atoms with Crippen molar-refractivity contribution in [1.29, 1.82) is 0 Å². The van der Waals surface area contributed by atoms with Crippen LogP contribution < -0.4 is 4.72 Å². The van der Waals surface area contributed by atoms with Crippen molar-refractivity contribution in [2.45, 2.75) is 24.3 Å². The third-order valence-electron chi connectivity index (χ3n) is 5.05. The summed E-state index contributed by atoms with van der Waals surface area (Å²) >= 11 is 0. The van der Waals surface area contributed by atoms with Crippen LogP contribution in [0.5, 0.6) is 0 Å². The van der Waals surface area contributed by atoms with E-state index in [-0.39, 0.29) is 17.2 Å². The van der Waals surface area contributed by atoms with Crippen molar-refractivity contribution in [1.82, 2.24) is 14.5 Å². The maximum Gasteiger partial charge on any atom is 0.409 e. The van der Waals surface area contributed by atoms with Crippen molar-refractivity contribution in [3.05, 3.63) is 66.2 Å². The topological polar surface area (TPSA) is 96.0 Å². The van der Waals surface area contributed by atoms with Crippen LogP contribution in [-0.2, 0) is 26.0 Å². The predicted octanol–water partition coefficient (Wildman–Crippen LogP) is 1.88. The Hall–Kier alpha value is -2.91. The summed E-state index contributed by atoms with van der Waals surface area (Å²) in [6.07, 6.45) is -0.177. The number of ether oxygens (including phenoxy) is 1. The van der Waals surface area contributed by atoms with Crippen molar-refractivity contribution in [2.24, 2.45) is 0 Å². The van der Waals surface area contributed by atoms with Gasteiger partial charge in [0.2, 0.25) is 15.9 Å². The van der Waals surface area contributed by atoms with Crippen LogP contribution in [-0.4, -0.2) is 69.0 Å². The molecule has 0 saturated carbocycles. The lowest BCUT2D eigenvalue weighted by Crippen LogP contribution is -2.56. The van der Waals surface area contributed by atoms with Gasteiger partial charge in [-0.1, -0.05) is 48.5 Å². The monoisotopic (exact) mass is 445 g/mol. The molecular formula is C22H27N3O5S. The van der Waals surface area contributed by atoms with Gasteiger partial charge >= 0.3 is 6.09 Å². The molecule has 9 heteroatoms. The van der Waals surface area contributed by atoms with Gasteiger partial charge in [0.25, 0.3) is 0 Å². The number of amides is 2. The van der Waals surface area contributed by atoms with E-state index in [4.69, 9.17) is 4.74 Å². The molecule has 1 fully saturated rings. The number of nitrogens with zero attached hydrogens (tertiary/aromatic N) is 2. The molecule has 0 spiro atoms. The second kappa shape index (κ2) is 10.4. The molecule has 1 N–H and O–H groups in total. The fourth-order valence-corrected chi connectivity index (χ4v) is 4.64. The Kier molecular flexibility index (Phi) is 7.64. The third kappa shape index (κ3) is 6.05. The van der Waals surface area contributed by atoms with Crippen molar-refractivity contribution in [3.8, 4) is 0 Å². The normalized spacial score (nSPS) is 15.4. The predicted molar refractivity (Wildman–Crippen MR) is 116 cm³/mol. The van der Waals surface area contributed by atoms with E-state index in [0.29, 0.717) is 32.8 Å². The van der Waals surface area contributed by atoms with E-state index in [9.17, 15) is 18.0 Å². The molecular weight excluding hydrogens is 418 g/mol. The number of hydrogen-bond donors (Lipinski definition) is 1. The fraction of sp³-hybridized carbons (Fsp3) is 0.364. The first-order valence-electron chi connectivity index (χ1n) is 10.2. The van der Waals surface area contributed by atoms with Crippen LogP contribution in [0.4, 0.5) is 4.79 Å². The van der Waals surface area contributed by atoms with Gasteiger partial charge in [-0.3, -0.25) is 4.79 Å². The summed E-state index contributed by atoms with van der Waals surface area (Å²) in [6, 6.07) is 16.3. The quantitative estimate of drug-likeness (QED) is 0.702. The first kappa shape index (κ1) is 22.8. The molecule has 0 radical (unpaired) electrons. The minimum atomic E-state index is -3.88. The van der Waals surface area contributed by atoms with Crippen molar-refractivity contribution in [2.75, 3.05) is 32.8 Å². The smallest absolute Gasteiger partial charge is 0.409 e. The van der Waals surface area contributed by atoms with E-state index in [0.717, 1.165) is 5.56 Å². The highest BCUT2D eigenvalue weighted by Gasteiger charge is 2.32. The molecule has 0 aliphatic carbocycles. The van der Waals surface area contributed by atoms with Gasteiger partial charge in [0, 0.05) is 26.2 Å². The molecule has 2 aromatic rings. The van der Waals surface area contributed by atoms with Gasteiger partial charge in [-0.15, -0.1) is 0 Å². The SMILES string of the molecule is CCOC(=O)N1CCN(C(=O)[C@H](Cc2ccccc2)NS(=O)(=O)c2ccccc2)CC1. The summed E-state index contributed by atoms with van der Waals surface area (Å²) in [4.78, 5) is 28.4. The van der Waals surface area contributed by atoms with Crippen LogP contribution >= 0.6 is 0 Å². The van der Waals surface area contributed by atoms with Gasteiger partial charge in [-0.05, 0) is 31.0 Å². The van der Waals surface area contributed by atoms with Crippen LogP contribution in [0.15, 0.2) is 65.6 Å². The summed E-state index contributed by atoms with van der Waals surface area (Å²) < 4.78 is 33.4. The molecule has 31 heavy (non-hydrogen) atoms. The molecule has 3 rings (SSSR count). The molecule has 1 atom stereocenters. The Balaban J connectivity index is 1.75. The Morgan fingerprint density at radius 2 is 1.48 bits per heavy atom. The van der Waals surface area contributed by atoms with Gasteiger partial charge in [-0.2, -0.15) is 4.72 Å². The number of hydrogen-bond acceptors (Lipinski definition) is 5. The number of carbonyl (C=O) groups excluding carboxylic acids is 2. The Bertz CT molecular complexity index is 975. The van der Waals surface area contributed by atoms with Gasteiger partial charge in [0.1, 0.15) is 6.04 Å². The highest BCUT2D eigenvalue weighted by Crippen LogP contribution is 2.14. The summed E-state index contributed by atoms with van der Waals surface area (Å²) in [7, 11) is -3.88. The average Bonchev–Trinajstić information content (AvgIpc) is 2.79. The van der Waals surface area contributed by atoms with Gasteiger partial charge < -0.3 is 14.5 Å². The summed E-state index contributed by atoms with van der Waals surface area (Å²) in [5.41, 5.74) is 0.849. The molecule has 166 valence electrons. The lowest BCUT2D eigenvalue weighted by Gasteiger charge is -2.36. The van der Waals surface area contributed by atoms with Crippen LogP contribution in [0, 0.1) is 0 Å². The molecule has 2 amide bonds. The van der Waals surface area contributed by atoms with Crippen molar-refractivity contribution < 1.29 is 22.7 Å². The highest BCUT2D eigenvalue weighted by molar-refractivity contribution is 7.89. The number of rotatable bonds is 7. The Morgan fingerprint density at radius 1 is 0.935 bits per heavy atom. The lowest BCUT2D eigenvalue weighted by molar-refractivity contribution is -0.134. The molecule has 0 bridgehead atoms. The van der Waals surface area contributed by atoms with Gasteiger partial charge in [0.15, 0.2) is 0 Å². The van der Waals surface area contributed by atoms with Crippen molar-refractivity contribution in [3.63, 3.8) is 0 Å². The van der Waals surface area contributed by atoms with E-state index in [1.54, 1.807) is 34.9 Å². The van der Waals surface area contributed by atoms with Crippen LogP contribution in [0.25, 0.3) is 0 Å². The zero-order valence-corrected chi connectivity index (χ0v) is 18.3. The van der Waals surface area contributed by atoms with Crippen LogP contribution in [0.2, 0.25) is 0 Å². The molecule has 2 aromatic carbocycles. The molecule has 1 aliphatic heterocycles. The second-order valence-electron chi connectivity index (χ2n) is 7.19. The zero-order chi connectivity index (χ0) is 22.3. The van der Waals surface area contributed by atoms with Gasteiger partial charge in [0.05, 0.1) is 11.5 Å². The largest absolute Gasteiger partial charge is 0.450 e. The minimum Gasteiger partial charge on any atom is -0.450 e. The Morgan fingerprint density at radius 3 is 2.06 bits per heavy atom. The number of sulfonamides is 1. The van der Waals surface area contributed by atoms with Crippen LogP contribution in [0.1, 0.15) is 12.5 Å². The molecule has 0 unspecified atom stereocenters. The standard InChI is InChI=1S/C22H27N3O5S/c1-2-30-22(27)25-15-13-24(14-16-25)21(26)20(17-18-9-5-3-6-10-18)23-31(28,29)19-11-7-4-8-12-19/h3-12,20,23H,2,13-17H2,1H3/t20-/m0/s1. The summed E-state index contributed by atoms with van der Waals surface area (Å²) in [6.45, 7) is 3.34. The van der Waals surface area contributed by atoms with Crippen molar-refractivity contribution >= 4 is 22.0 Å².